The van der Waals surface area contributed by atoms with E-state index in [0.29, 0.717) is 21.5 Å². The Kier molecular flexibility index (Phi) is 12.1. The average molecular weight is 637 g/mol. The average Bonchev–Trinajstić information content (AvgIpc) is 3.03. The van der Waals surface area contributed by atoms with Crippen LogP contribution in [0.15, 0.2) is 48.5 Å². The van der Waals surface area contributed by atoms with E-state index in [1.807, 2.05) is 0 Å². The van der Waals surface area contributed by atoms with Crippen LogP contribution in [-0.2, 0) is 4.74 Å². The topological polar surface area (TPSA) is 175 Å². The van der Waals surface area contributed by atoms with Gasteiger partial charge in [-0.25, -0.2) is 19.2 Å². The van der Waals surface area contributed by atoms with Crippen LogP contribution in [0.3, 0.4) is 0 Å². The molecule has 4 aromatic rings. The predicted molar refractivity (Wildman–Crippen MR) is 169 cm³/mol. The number of carbonyl (C=O) groups excluding carboxylic acids is 1. The molecule has 0 saturated carbocycles. The summed E-state index contributed by atoms with van der Waals surface area (Å²) >= 11 is 0. The number of benzene rings is 4. The van der Waals surface area contributed by atoms with Gasteiger partial charge in [-0.1, -0.05) is 48.5 Å². The van der Waals surface area contributed by atoms with E-state index in [9.17, 15) is 34.5 Å². The third kappa shape index (κ3) is 7.06. The zero-order chi connectivity index (χ0) is 34.0. The van der Waals surface area contributed by atoms with Crippen LogP contribution in [0.2, 0.25) is 0 Å². The molecule has 0 unspecified atom stereocenters. The summed E-state index contributed by atoms with van der Waals surface area (Å²) in [5, 5.41) is 30.9. The number of carboxylic acid groups (broad SMARTS) is 3. The number of hydrogen-bond donors (Lipinski definition) is 3. The van der Waals surface area contributed by atoms with Crippen LogP contribution in [0.1, 0.15) is 76.1 Å². The molecular formula is C34H36O12. The van der Waals surface area contributed by atoms with Crippen molar-refractivity contribution >= 4 is 45.4 Å². The maximum absolute atomic E-state index is 12.4. The first-order valence-electron chi connectivity index (χ1n) is 14.6. The monoisotopic (exact) mass is 636 g/mol. The summed E-state index contributed by atoms with van der Waals surface area (Å²) in [6, 6.07) is 13.9. The zero-order valence-corrected chi connectivity index (χ0v) is 26.2. The third-order valence-corrected chi connectivity index (χ3v) is 6.52. The molecule has 0 aliphatic rings. The second-order valence-corrected chi connectivity index (χ2v) is 9.28. The van der Waals surface area contributed by atoms with Crippen molar-refractivity contribution in [2.75, 3.05) is 33.0 Å². The Morgan fingerprint density at radius 1 is 0.457 bits per heavy atom. The number of fused-ring (bicyclic) bond motifs is 2. The lowest BCUT2D eigenvalue weighted by atomic mass is 9.97. The smallest absolute Gasteiger partial charge is 0.342 e. The molecule has 0 fully saturated rings. The molecule has 0 bridgehead atoms. The summed E-state index contributed by atoms with van der Waals surface area (Å²) in [6.45, 7) is 9.69. The van der Waals surface area contributed by atoms with Gasteiger partial charge < -0.3 is 39.0 Å². The van der Waals surface area contributed by atoms with Crippen LogP contribution in [0.25, 0.3) is 21.5 Å². The number of esters is 1. The molecule has 0 amide bonds. The van der Waals surface area contributed by atoms with Crippen molar-refractivity contribution in [1.29, 1.82) is 0 Å². The highest BCUT2D eigenvalue weighted by atomic mass is 16.5. The fraction of sp³-hybridized carbons (Fsp3) is 0.294. The molecule has 0 aliphatic carbocycles. The van der Waals surface area contributed by atoms with Gasteiger partial charge in [0.25, 0.3) is 0 Å². The standard InChI is InChI=1S/C18H20O6.C16H16O6/c1-4-22-15-11-9-7-8-10-12(11)16(23-5-2)14(13(15)17(19)20)18(21)24-6-3;1-3-21-13-9-7-5-6-8-10(9)14(22-4-2)12(16(19)20)11(13)15(17)18/h7-10H,4-6H2,1-3H3,(H,19,20);5-8H,3-4H2,1-2H3,(H,17,18)(H,19,20). The number of hydrogen-bond acceptors (Lipinski definition) is 9. The van der Waals surface area contributed by atoms with Gasteiger partial charge in [-0.3, -0.25) is 0 Å². The summed E-state index contributed by atoms with van der Waals surface area (Å²) in [6.07, 6.45) is 0. The first kappa shape index (κ1) is 35.0. The molecule has 0 atom stereocenters. The lowest BCUT2D eigenvalue weighted by Crippen LogP contribution is -2.16. The Hall–Kier alpha value is -5.52. The molecule has 4 aromatic carbocycles. The molecule has 244 valence electrons. The van der Waals surface area contributed by atoms with Gasteiger partial charge in [0.15, 0.2) is 0 Å². The van der Waals surface area contributed by atoms with Crippen molar-refractivity contribution in [1.82, 2.24) is 0 Å². The molecular weight excluding hydrogens is 600 g/mol. The largest absolute Gasteiger partial charge is 0.492 e. The molecule has 0 saturated heterocycles. The highest BCUT2D eigenvalue weighted by Gasteiger charge is 2.32. The maximum Gasteiger partial charge on any atom is 0.342 e. The molecule has 0 aliphatic heterocycles. The minimum absolute atomic E-state index is 0.0476. The molecule has 0 radical (unpaired) electrons. The van der Waals surface area contributed by atoms with E-state index in [1.54, 1.807) is 83.1 Å². The van der Waals surface area contributed by atoms with Gasteiger partial charge in [-0.15, -0.1) is 0 Å². The van der Waals surface area contributed by atoms with Crippen LogP contribution in [0.5, 0.6) is 23.0 Å². The number of rotatable bonds is 13. The van der Waals surface area contributed by atoms with E-state index in [4.69, 9.17) is 23.7 Å². The maximum atomic E-state index is 12.4. The lowest BCUT2D eigenvalue weighted by molar-refractivity contribution is 0.0508. The van der Waals surface area contributed by atoms with Gasteiger partial charge in [-0.05, 0) is 34.6 Å². The Bertz CT molecular complexity index is 1700. The van der Waals surface area contributed by atoms with Gasteiger partial charge in [0.1, 0.15) is 45.3 Å². The Morgan fingerprint density at radius 3 is 0.957 bits per heavy atom. The fourth-order valence-electron chi connectivity index (χ4n) is 4.94. The summed E-state index contributed by atoms with van der Waals surface area (Å²) in [4.78, 5) is 47.6. The summed E-state index contributed by atoms with van der Waals surface area (Å²) in [5.74, 6) is -4.31. The first-order valence-corrected chi connectivity index (χ1v) is 14.6. The molecule has 12 heteroatoms. The highest BCUT2D eigenvalue weighted by Crippen LogP contribution is 2.42. The van der Waals surface area contributed by atoms with Crippen molar-refractivity contribution in [3.8, 4) is 23.0 Å². The minimum Gasteiger partial charge on any atom is -0.492 e. The van der Waals surface area contributed by atoms with E-state index < -0.39 is 35.0 Å². The molecule has 3 N–H and O–H groups in total. The second-order valence-electron chi connectivity index (χ2n) is 9.28. The molecule has 0 spiro atoms. The minimum atomic E-state index is -1.37. The summed E-state index contributed by atoms with van der Waals surface area (Å²) in [7, 11) is 0. The molecule has 0 aromatic heterocycles. The van der Waals surface area contributed by atoms with Gasteiger partial charge >= 0.3 is 23.9 Å². The van der Waals surface area contributed by atoms with Crippen LogP contribution < -0.4 is 18.9 Å². The van der Waals surface area contributed by atoms with Crippen molar-refractivity contribution in [2.24, 2.45) is 0 Å². The number of carboxylic acids is 3. The number of carbonyl (C=O) groups is 4. The van der Waals surface area contributed by atoms with E-state index in [0.717, 1.165) is 0 Å². The van der Waals surface area contributed by atoms with E-state index in [1.165, 1.54) is 0 Å². The van der Waals surface area contributed by atoms with Crippen molar-refractivity contribution in [3.63, 3.8) is 0 Å². The van der Waals surface area contributed by atoms with Gasteiger partial charge in [0.05, 0.1) is 33.0 Å². The number of aromatic carboxylic acids is 3. The van der Waals surface area contributed by atoms with Crippen LogP contribution in [0, 0.1) is 0 Å². The van der Waals surface area contributed by atoms with E-state index >= 15 is 0 Å². The van der Waals surface area contributed by atoms with E-state index in [-0.39, 0.29) is 67.2 Å². The highest BCUT2D eigenvalue weighted by molar-refractivity contribution is 6.15. The summed E-state index contributed by atoms with van der Waals surface area (Å²) < 4.78 is 27.1. The van der Waals surface area contributed by atoms with Crippen molar-refractivity contribution < 1.29 is 58.2 Å². The molecule has 12 nitrogen and oxygen atoms in total. The Labute approximate surface area is 265 Å². The number of ether oxygens (including phenoxy) is 5. The van der Waals surface area contributed by atoms with Gasteiger partial charge in [0, 0.05) is 21.5 Å². The van der Waals surface area contributed by atoms with E-state index in [2.05, 4.69) is 0 Å². The predicted octanol–water partition coefficient (Wildman–Crippen LogP) is 6.55. The zero-order valence-electron chi connectivity index (χ0n) is 26.2. The van der Waals surface area contributed by atoms with Crippen LogP contribution in [-0.4, -0.2) is 72.2 Å². The molecule has 0 heterocycles. The lowest BCUT2D eigenvalue weighted by Gasteiger charge is -2.19. The van der Waals surface area contributed by atoms with Gasteiger partial charge in [0.2, 0.25) is 0 Å². The Morgan fingerprint density at radius 2 is 0.717 bits per heavy atom. The SMILES string of the molecule is CCOC(=O)c1c(C(=O)O)c(OCC)c2ccccc2c1OCC.CCOc1c(C(=O)O)c(C(=O)O)c(OCC)c2ccccc12. The normalized spacial score (nSPS) is 10.5. The fourth-order valence-corrected chi connectivity index (χ4v) is 4.94. The van der Waals surface area contributed by atoms with Gasteiger partial charge in [-0.2, -0.15) is 0 Å². The van der Waals surface area contributed by atoms with Crippen molar-refractivity contribution in [3.05, 3.63) is 70.8 Å². The van der Waals surface area contributed by atoms with Crippen molar-refractivity contribution in [2.45, 2.75) is 34.6 Å². The first-order chi connectivity index (χ1) is 22.1. The summed E-state index contributed by atoms with van der Waals surface area (Å²) in [5.41, 5.74) is -1.14. The van der Waals surface area contributed by atoms with Crippen LogP contribution in [0.4, 0.5) is 0 Å². The second kappa shape index (κ2) is 16.0. The quantitative estimate of drug-likeness (QED) is 0.135. The molecule has 46 heavy (non-hydrogen) atoms. The third-order valence-electron chi connectivity index (χ3n) is 6.52. The van der Waals surface area contributed by atoms with Crippen LogP contribution >= 0.6 is 0 Å². The Balaban J connectivity index is 0.000000251. The molecule has 4 rings (SSSR count).